The van der Waals surface area contributed by atoms with Gasteiger partial charge in [-0.1, -0.05) is 6.92 Å². The van der Waals surface area contributed by atoms with E-state index >= 15 is 0 Å². The molecule has 0 radical (unpaired) electrons. The minimum Gasteiger partial charge on any atom is -0.484 e. The number of alkyl halides is 3. The highest BCUT2D eigenvalue weighted by Crippen LogP contribution is 2.55. The van der Waals surface area contributed by atoms with Crippen LogP contribution in [-0.4, -0.2) is 28.9 Å². The monoisotopic (exact) mass is 493 g/mol. The van der Waals surface area contributed by atoms with Gasteiger partial charge in [0.25, 0.3) is 5.91 Å². The van der Waals surface area contributed by atoms with E-state index in [2.05, 4.69) is 15.6 Å². The number of carbonyl (C=O) groups excluding carboxylic acids is 2. The molecule has 10 heteroatoms. The predicted molar refractivity (Wildman–Crippen MR) is 119 cm³/mol. The first-order valence-electron chi connectivity index (χ1n) is 11.5. The summed E-state index contributed by atoms with van der Waals surface area (Å²) in [6.45, 7) is 1.85. The third-order valence-electron chi connectivity index (χ3n) is 7.36. The molecule has 0 aliphatic heterocycles. The van der Waals surface area contributed by atoms with Crippen LogP contribution in [0, 0.1) is 17.2 Å². The molecule has 2 N–H and O–H groups in total. The van der Waals surface area contributed by atoms with Crippen molar-refractivity contribution in [2.75, 3.05) is 6.61 Å². The van der Waals surface area contributed by atoms with Crippen LogP contribution in [-0.2, 0) is 22.3 Å². The van der Waals surface area contributed by atoms with Crippen LogP contribution in [0.3, 0.4) is 0 Å². The summed E-state index contributed by atoms with van der Waals surface area (Å²) in [6, 6.07) is 7.64. The number of hydrogen-bond acceptors (Lipinski definition) is 4. The maximum absolute atomic E-state index is 13.1. The highest BCUT2D eigenvalue weighted by molar-refractivity contribution is 5.84. The van der Waals surface area contributed by atoms with Gasteiger partial charge in [0.05, 0.1) is 23.2 Å². The molecule has 0 saturated heterocycles. The van der Waals surface area contributed by atoms with Crippen LogP contribution >= 0.6 is 0 Å². The molecule has 2 amide bonds. The first-order chi connectivity index (χ1) is 16.5. The Morgan fingerprint density at radius 2 is 1.77 bits per heavy atom. The molecule has 188 valence electrons. The number of rotatable bonds is 7. The lowest BCUT2D eigenvalue weighted by Crippen LogP contribution is -2.63. The zero-order valence-corrected chi connectivity index (χ0v) is 19.3. The number of aromatic nitrogens is 1. The number of fused-ring (bicyclic) bond motifs is 3. The lowest BCUT2D eigenvalue weighted by molar-refractivity contribution is -0.146. The fraction of sp³-hybridized carbons (Fsp3) is 0.480. The minimum absolute atomic E-state index is 0.00359. The molecule has 1 aromatic heterocycles. The van der Waals surface area contributed by atoms with Crippen molar-refractivity contribution in [3.63, 3.8) is 0 Å². The summed E-state index contributed by atoms with van der Waals surface area (Å²) in [5.41, 5.74) is -1.46. The van der Waals surface area contributed by atoms with Gasteiger partial charge in [0.15, 0.2) is 6.61 Å². The van der Waals surface area contributed by atoms with Crippen LogP contribution in [0.1, 0.15) is 50.3 Å². The van der Waals surface area contributed by atoms with Crippen LogP contribution in [0.5, 0.6) is 5.75 Å². The molecule has 2 aromatic rings. The van der Waals surface area contributed by atoms with Gasteiger partial charge in [0.1, 0.15) is 11.6 Å². The quantitative estimate of drug-likeness (QED) is 0.561. The molecule has 2 bridgehead atoms. The molecule has 3 saturated carbocycles. The summed E-state index contributed by atoms with van der Waals surface area (Å²) in [5.74, 6) is -0.385. The second kappa shape index (κ2) is 9.47. The van der Waals surface area contributed by atoms with Gasteiger partial charge in [-0.15, -0.1) is 0 Å². The van der Waals surface area contributed by atoms with E-state index in [9.17, 15) is 27.2 Å². The first-order valence-corrected chi connectivity index (χ1v) is 11.5. The average Bonchev–Trinajstić information content (AvgIpc) is 2.82. The first kappa shape index (κ1) is 24.9. The van der Waals surface area contributed by atoms with Crippen molar-refractivity contribution in [3.8, 4) is 5.75 Å². The maximum atomic E-state index is 13.1. The summed E-state index contributed by atoms with van der Waals surface area (Å²) >= 11 is 0. The zero-order chi connectivity index (χ0) is 25.3. The number of carbonyl (C=O) groups is 2. The number of amides is 2. The van der Waals surface area contributed by atoms with E-state index in [1.54, 1.807) is 0 Å². The Kier molecular flexibility index (Phi) is 6.75. The van der Waals surface area contributed by atoms with Crippen molar-refractivity contribution in [1.29, 1.82) is 0 Å². The fourth-order valence-electron chi connectivity index (χ4n) is 5.34. The van der Waals surface area contributed by atoms with Crippen molar-refractivity contribution in [2.24, 2.45) is 11.3 Å². The summed E-state index contributed by atoms with van der Waals surface area (Å²) in [5, 5.41) is 5.94. The normalized spacial score (nSPS) is 25.7. The van der Waals surface area contributed by atoms with E-state index < -0.39 is 22.7 Å². The molecular formula is C25H27F4N3O3. The molecule has 35 heavy (non-hydrogen) atoms. The van der Waals surface area contributed by atoms with E-state index in [4.69, 9.17) is 4.74 Å². The van der Waals surface area contributed by atoms with Gasteiger partial charge in [-0.3, -0.25) is 14.6 Å². The van der Waals surface area contributed by atoms with Gasteiger partial charge < -0.3 is 15.4 Å². The van der Waals surface area contributed by atoms with E-state index in [0.717, 1.165) is 12.3 Å². The van der Waals surface area contributed by atoms with Gasteiger partial charge >= 0.3 is 6.18 Å². The molecule has 0 spiro atoms. The molecule has 3 fully saturated rings. The van der Waals surface area contributed by atoms with E-state index in [1.165, 1.54) is 30.3 Å². The summed E-state index contributed by atoms with van der Waals surface area (Å²) in [6.07, 6.45) is -0.569. The smallest absolute Gasteiger partial charge is 0.417 e. The number of nitrogens with zero attached hydrogens (tertiary/aromatic N) is 1. The Hall–Kier alpha value is -3.17. The van der Waals surface area contributed by atoms with Crippen molar-refractivity contribution in [2.45, 2.75) is 57.3 Å². The molecule has 6 nitrogen and oxygen atoms in total. The Labute approximate surface area is 200 Å². The molecule has 5 rings (SSSR count). The Morgan fingerprint density at radius 1 is 1.09 bits per heavy atom. The van der Waals surface area contributed by atoms with Crippen molar-refractivity contribution in [1.82, 2.24) is 15.6 Å². The second-order valence-electron chi connectivity index (χ2n) is 9.55. The number of benzene rings is 1. The molecule has 1 atom stereocenters. The van der Waals surface area contributed by atoms with Crippen molar-refractivity contribution >= 4 is 11.8 Å². The minimum atomic E-state index is -4.46. The highest BCUT2D eigenvalue weighted by Gasteiger charge is 2.56. The number of halogens is 4. The number of hydrogen-bond donors (Lipinski definition) is 2. The predicted octanol–water partition coefficient (Wildman–Crippen LogP) is 4.39. The average molecular weight is 494 g/mol. The van der Waals surface area contributed by atoms with E-state index in [0.29, 0.717) is 43.5 Å². The Morgan fingerprint density at radius 3 is 2.34 bits per heavy atom. The molecule has 3 aliphatic rings. The van der Waals surface area contributed by atoms with Gasteiger partial charge in [0.2, 0.25) is 5.91 Å². The van der Waals surface area contributed by atoms with E-state index in [1.807, 2.05) is 6.92 Å². The number of nitrogens with one attached hydrogen (secondary N) is 2. The molecule has 1 aromatic carbocycles. The van der Waals surface area contributed by atoms with Crippen molar-refractivity contribution < 1.29 is 31.9 Å². The van der Waals surface area contributed by atoms with Gasteiger partial charge in [-0.05, 0) is 74.4 Å². The summed E-state index contributed by atoms with van der Waals surface area (Å²) < 4.78 is 56.6. The van der Waals surface area contributed by atoms with Gasteiger partial charge in [-0.2, -0.15) is 13.2 Å². The molecule has 1 unspecified atom stereocenters. The lowest BCUT2D eigenvalue weighted by atomic mass is 9.52. The van der Waals surface area contributed by atoms with Crippen LogP contribution in [0.15, 0.2) is 42.6 Å². The Bertz CT molecular complexity index is 1060. The van der Waals surface area contributed by atoms with Crippen LogP contribution in [0.2, 0.25) is 0 Å². The molecular weight excluding hydrogens is 466 g/mol. The van der Waals surface area contributed by atoms with E-state index in [-0.39, 0.29) is 36.7 Å². The molecule has 3 aliphatic carbocycles. The second-order valence-corrected chi connectivity index (χ2v) is 9.55. The highest BCUT2D eigenvalue weighted by atomic mass is 19.4. The third kappa shape index (κ3) is 5.41. The van der Waals surface area contributed by atoms with Gasteiger partial charge in [0, 0.05) is 11.7 Å². The number of ether oxygens (including phenoxy) is 1. The lowest BCUT2D eigenvalue weighted by Gasteiger charge is -2.56. The van der Waals surface area contributed by atoms with Crippen LogP contribution in [0.25, 0.3) is 0 Å². The SMILES string of the molecule is CC1CC2(NC(=O)COc3ccc(F)cc3)CCC1(C(=O)NCc1ccc(C(F)(F)F)cn1)CC2. The maximum Gasteiger partial charge on any atom is 0.417 e. The topological polar surface area (TPSA) is 80.3 Å². The zero-order valence-electron chi connectivity index (χ0n) is 19.3. The van der Waals surface area contributed by atoms with Crippen LogP contribution in [0.4, 0.5) is 17.6 Å². The number of pyridine rings is 1. The Balaban J connectivity index is 1.30. The largest absolute Gasteiger partial charge is 0.484 e. The third-order valence-corrected chi connectivity index (χ3v) is 7.36. The summed E-state index contributed by atoms with van der Waals surface area (Å²) in [4.78, 5) is 29.5. The van der Waals surface area contributed by atoms with Crippen LogP contribution < -0.4 is 15.4 Å². The standard InChI is InChI=1S/C25H27F4N3O3/c1-16-12-23(32-21(33)15-35-20-6-3-18(26)4-7-20)8-10-24(16,11-9-23)22(34)31-14-19-5-2-17(13-30-19)25(27,28)29/h2-7,13,16H,8-12,14-15H2,1H3,(H,31,34)(H,32,33). The molecule has 1 heterocycles. The fourth-order valence-corrected chi connectivity index (χ4v) is 5.34. The van der Waals surface area contributed by atoms with Gasteiger partial charge in [-0.25, -0.2) is 4.39 Å². The van der Waals surface area contributed by atoms with Crippen molar-refractivity contribution in [3.05, 3.63) is 59.7 Å². The summed E-state index contributed by atoms with van der Waals surface area (Å²) in [7, 11) is 0.